The van der Waals surface area contributed by atoms with Gasteiger partial charge >= 0.3 is 0 Å². The van der Waals surface area contributed by atoms with Crippen molar-refractivity contribution in [2.75, 3.05) is 12.8 Å². The molecule has 5 nitrogen and oxygen atoms in total. The molecule has 5 heteroatoms. The number of benzene rings is 1. The van der Waals surface area contributed by atoms with Gasteiger partial charge in [0.15, 0.2) is 0 Å². The molecule has 0 unspecified atom stereocenters. The second kappa shape index (κ2) is 8.21. The first kappa shape index (κ1) is 19.5. The van der Waals surface area contributed by atoms with E-state index in [0.717, 1.165) is 34.4 Å². The molecule has 2 N–H and O–H groups in total. The van der Waals surface area contributed by atoms with E-state index in [2.05, 4.69) is 16.9 Å². The van der Waals surface area contributed by atoms with E-state index in [1.807, 2.05) is 69.6 Å². The smallest absolute Gasteiger partial charge is 0.254 e. The molecule has 0 saturated heterocycles. The van der Waals surface area contributed by atoms with Gasteiger partial charge in [0.2, 0.25) is 0 Å². The molecule has 1 atom stereocenters. The molecule has 1 amide bonds. The van der Waals surface area contributed by atoms with Crippen LogP contribution in [0.4, 0.5) is 5.82 Å². The summed E-state index contributed by atoms with van der Waals surface area (Å²) in [5.74, 6) is 0.513. The maximum Gasteiger partial charge on any atom is 0.254 e. The number of nitrogens with zero attached hydrogens (tertiary/aromatic N) is 3. The van der Waals surface area contributed by atoms with Gasteiger partial charge in [-0.3, -0.25) is 9.78 Å². The van der Waals surface area contributed by atoms with Crippen molar-refractivity contribution in [2.24, 2.45) is 0 Å². The Labute approximate surface area is 166 Å². The van der Waals surface area contributed by atoms with Crippen molar-refractivity contribution in [1.82, 2.24) is 14.9 Å². The maximum atomic E-state index is 13.0. The summed E-state index contributed by atoms with van der Waals surface area (Å²) in [6.45, 7) is 6.04. The van der Waals surface area contributed by atoms with Crippen molar-refractivity contribution >= 4 is 11.7 Å². The summed E-state index contributed by atoms with van der Waals surface area (Å²) in [5, 5.41) is 0. The van der Waals surface area contributed by atoms with E-state index in [9.17, 15) is 4.79 Å². The fourth-order valence-electron chi connectivity index (χ4n) is 3.73. The summed E-state index contributed by atoms with van der Waals surface area (Å²) in [6, 6.07) is 13.5. The van der Waals surface area contributed by atoms with E-state index in [1.54, 1.807) is 11.1 Å². The van der Waals surface area contributed by atoms with Crippen LogP contribution >= 0.6 is 0 Å². The average molecular weight is 374 g/mol. The minimum atomic E-state index is -0.00821. The normalized spacial score (nSPS) is 11.9. The van der Waals surface area contributed by atoms with Crippen molar-refractivity contribution in [1.29, 1.82) is 0 Å². The van der Waals surface area contributed by atoms with Crippen LogP contribution in [0.5, 0.6) is 0 Å². The Morgan fingerprint density at radius 3 is 2.46 bits per heavy atom. The molecule has 3 aromatic rings. The maximum absolute atomic E-state index is 13.0. The molecule has 0 saturated carbocycles. The number of carbonyl (C=O) groups is 1. The minimum absolute atomic E-state index is 0.00772. The highest BCUT2D eigenvalue weighted by molar-refractivity contribution is 5.95. The lowest BCUT2D eigenvalue weighted by atomic mass is 9.97. The second-order valence-electron chi connectivity index (χ2n) is 7.03. The SMILES string of the molecule is CC[C@H](c1cccnc1)N(C)C(=O)c1ccc(-c2c(C)cc(N)nc2C)cc1. The minimum Gasteiger partial charge on any atom is -0.384 e. The van der Waals surface area contributed by atoms with Gasteiger partial charge in [0.05, 0.1) is 6.04 Å². The molecular weight excluding hydrogens is 348 g/mol. The third kappa shape index (κ3) is 3.88. The number of hydrogen-bond donors (Lipinski definition) is 1. The highest BCUT2D eigenvalue weighted by Gasteiger charge is 2.21. The van der Waals surface area contributed by atoms with Gasteiger partial charge in [-0.15, -0.1) is 0 Å². The number of aromatic nitrogens is 2. The van der Waals surface area contributed by atoms with Gasteiger partial charge in [0.25, 0.3) is 5.91 Å². The Hall–Kier alpha value is -3.21. The van der Waals surface area contributed by atoms with Gasteiger partial charge < -0.3 is 10.6 Å². The number of amides is 1. The van der Waals surface area contributed by atoms with Crippen LogP contribution in [0.1, 0.15) is 46.6 Å². The van der Waals surface area contributed by atoms with Crippen LogP contribution in [0.2, 0.25) is 0 Å². The first-order valence-electron chi connectivity index (χ1n) is 9.43. The quantitative estimate of drug-likeness (QED) is 0.710. The number of nitrogen functional groups attached to an aromatic ring is 1. The van der Waals surface area contributed by atoms with Gasteiger partial charge in [-0.05, 0) is 61.2 Å². The monoisotopic (exact) mass is 374 g/mol. The van der Waals surface area contributed by atoms with E-state index in [4.69, 9.17) is 5.73 Å². The molecule has 0 bridgehead atoms. The lowest BCUT2D eigenvalue weighted by Crippen LogP contribution is -2.31. The predicted molar refractivity (Wildman–Crippen MR) is 113 cm³/mol. The molecule has 28 heavy (non-hydrogen) atoms. The predicted octanol–water partition coefficient (Wildman–Crippen LogP) is 4.57. The molecule has 0 radical (unpaired) electrons. The first-order valence-corrected chi connectivity index (χ1v) is 9.43. The van der Waals surface area contributed by atoms with Crippen molar-refractivity contribution in [3.63, 3.8) is 0 Å². The van der Waals surface area contributed by atoms with Crippen LogP contribution in [0.25, 0.3) is 11.1 Å². The summed E-state index contributed by atoms with van der Waals surface area (Å²) in [6.07, 6.45) is 4.38. The van der Waals surface area contributed by atoms with Crippen molar-refractivity contribution in [2.45, 2.75) is 33.2 Å². The lowest BCUT2D eigenvalue weighted by molar-refractivity contribution is 0.0726. The standard InChI is InChI=1S/C23H26N4O/c1-5-20(19-7-6-12-25-14-19)27(4)23(28)18-10-8-17(9-11-18)22-15(2)13-21(24)26-16(22)3/h6-14,20H,5H2,1-4H3,(H2,24,26)/t20-/m1/s1. The Kier molecular flexibility index (Phi) is 5.73. The summed E-state index contributed by atoms with van der Waals surface area (Å²) in [4.78, 5) is 23.4. The van der Waals surface area contributed by atoms with Gasteiger partial charge in [0.1, 0.15) is 5.82 Å². The zero-order valence-corrected chi connectivity index (χ0v) is 16.8. The molecule has 3 rings (SSSR count). The molecule has 2 heterocycles. The Morgan fingerprint density at radius 1 is 1.18 bits per heavy atom. The van der Waals surface area contributed by atoms with Crippen LogP contribution in [0.15, 0.2) is 54.9 Å². The molecule has 144 valence electrons. The third-order valence-electron chi connectivity index (χ3n) is 5.08. The molecule has 2 aromatic heterocycles. The number of nitrogens with two attached hydrogens (primary N) is 1. The van der Waals surface area contributed by atoms with Crippen LogP contribution in [-0.4, -0.2) is 27.8 Å². The number of anilines is 1. The largest absolute Gasteiger partial charge is 0.384 e. The van der Waals surface area contributed by atoms with Crippen LogP contribution in [0, 0.1) is 13.8 Å². The number of hydrogen-bond acceptors (Lipinski definition) is 4. The van der Waals surface area contributed by atoms with E-state index in [0.29, 0.717) is 11.4 Å². The van der Waals surface area contributed by atoms with Crippen LogP contribution in [0.3, 0.4) is 0 Å². The fourth-order valence-corrected chi connectivity index (χ4v) is 3.73. The van der Waals surface area contributed by atoms with Crippen molar-refractivity contribution < 1.29 is 4.79 Å². The van der Waals surface area contributed by atoms with Crippen LogP contribution in [-0.2, 0) is 0 Å². The van der Waals surface area contributed by atoms with Crippen molar-refractivity contribution in [3.05, 3.63) is 77.2 Å². The number of aryl methyl sites for hydroxylation is 2. The lowest BCUT2D eigenvalue weighted by Gasteiger charge is -2.27. The topological polar surface area (TPSA) is 72.1 Å². The van der Waals surface area contributed by atoms with E-state index in [1.165, 1.54) is 0 Å². The van der Waals surface area contributed by atoms with Gasteiger partial charge in [-0.2, -0.15) is 0 Å². The number of rotatable bonds is 5. The second-order valence-corrected chi connectivity index (χ2v) is 7.03. The zero-order chi connectivity index (χ0) is 20.3. The van der Waals surface area contributed by atoms with E-state index < -0.39 is 0 Å². The average Bonchev–Trinajstić information content (AvgIpc) is 2.68. The van der Waals surface area contributed by atoms with Gasteiger partial charge in [-0.25, -0.2) is 4.98 Å². The Balaban J connectivity index is 1.86. The molecular formula is C23H26N4O. The van der Waals surface area contributed by atoms with Crippen molar-refractivity contribution in [3.8, 4) is 11.1 Å². The summed E-state index contributed by atoms with van der Waals surface area (Å²) in [7, 11) is 1.84. The Bertz CT molecular complexity index is 945. The summed E-state index contributed by atoms with van der Waals surface area (Å²) in [5.41, 5.74) is 11.6. The summed E-state index contributed by atoms with van der Waals surface area (Å²) >= 11 is 0. The number of pyridine rings is 2. The molecule has 1 aromatic carbocycles. The molecule has 0 aliphatic carbocycles. The third-order valence-corrected chi connectivity index (χ3v) is 5.08. The molecule has 0 fully saturated rings. The molecule has 0 spiro atoms. The summed E-state index contributed by atoms with van der Waals surface area (Å²) < 4.78 is 0. The van der Waals surface area contributed by atoms with Gasteiger partial charge in [-0.1, -0.05) is 25.1 Å². The van der Waals surface area contributed by atoms with Crippen LogP contribution < -0.4 is 5.73 Å². The Morgan fingerprint density at radius 2 is 1.89 bits per heavy atom. The van der Waals surface area contributed by atoms with E-state index in [-0.39, 0.29) is 11.9 Å². The number of carbonyl (C=O) groups excluding carboxylic acids is 1. The molecule has 0 aliphatic rings. The highest BCUT2D eigenvalue weighted by Crippen LogP contribution is 2.29. The fraction of sp³-hybridized carbons (Fsp3) is 0.261. The van der Waals surface area contributed by atoms with E-state index >= 15 is 0 Å². The first-order chi connectivity index (χ1) is 13.4. The van der Waals surface area contributed by atoms with Gasteiger partial charge in [0, 0.05) is 36.3 Å². The highest BCUT2D eigenvalue weighted by atomic mass is 16.2. The zero-order valence-electron chi connectivity index (χ0n) is 16.8. The molecule has 0 aliphatic heterocycles.